The van der Waals surface area contributed by atoms with E-state index in [0.717, 1.165) is 9.35 Å². The van der Waals surface area contributed by atoms with Gasteiger partial charge in [0.1, 0.15) is 5.82 Å². The monoisotopic (exact) mass is 296 g/mol. The first-order valence-electron chi connectivity index (χ1n) is 4.64. The summed E-state index contributed by atoms with van der Waals surface area (Å²) in [6.07, 6.45) is 1.72. The number of aryl methyl sites for hydroxylation is 1. The second-order valence-electron chi connectivity index (χ2n) is 3.28. The zero-order valence-corrected chi connectivity index (χ0v) is 10.9. The van der Waals surface area contributed by atoms with Gasteiger partial charge < -0.3 is 5.32 Å². The second-order valence-corrected chi connectivity index (χ2v) is 5.74. The number of anilines is 1. The molecule has 0 fully saturated rings. The molecule has 2 aromatic heterocycles. The summed E-state index contributed by atoms with van der Waals surface area (Å²) in [6, 6.07) is 7.32. The van der Waals surface area contributed by atoms with E-state index in [1.54, 1.807) is 18.3 Å². The first kappa shape index (κ1) is 11.3. The SMILES string of the molecule is Cc1ccc(NC(=O)c2ccc(Br)s2)nc1. The molecule has 0 atom stereocenters. The van der Waals surface area contributed by atoms with Crippen LogP contribution in [0.4, 0.5) is 5.82 Å². The number of hydrogen-bond acceptors (Lipinski definition) is 3. The van der Waals surface area contributed by atoms with Crippen molar-refractivity contribution in [2.45, 2.75) is 6.92 Å². The van der Waals surface area contributed by atoms with Gasteiger partial charge >= 0.3 is 0 Å². The number of carbonyl (C=O) groups excluding carboxylic acids is 1. The van der Waals surface area contributed by atoms with E-state index < -0.39 is 0 Å². The van der Waals surface area contributed by atoms with Crippen molar-refractivity contribution in [2.24, 2.45) is 0 Å². The van der Waals surface area contributed by atoms with Crippen molar-refractivity contribution in [3.63, 3.8) is 0 Å². The Hall–Kier alpha value is -1.20. The second kappa shape index (κ2) is 4.76. The highest BCUT2D eigenvalue weighted by atomic mass is 79.9. The van der Waals surface area contributed by atoms with Crippen molar-refractivity contribution in [1.29, 1.82) is 0 Å². The Labute approximate surface area is 106 Å². The Kier molecular flexibility index (Phi) is 3.36. The number of halogens is 1. The number of aromatic nitrogens is 1. The molecule has 3 nitrogen and oxygen atoms in total. The fourth-order valence-electron chi connectivity index (χ4n) is 1.16. The number of carbonyl (C=O) groups is 1. The molecule has 0 aromatic carbocycles. The standard InChI is InChI=1S/C11H9BrN2OS/c1-7-2-5-10(13-6-7)14-11(15)8-3-4-9(12)16-8/h2-6H,1H3,(H,13,14,15). The van der Waals surface area contributed by atoms with Crippen molar-refractivity contribution in [2.75, 3.05) is 5.32 Å². The molecule has 0 aliphatic heterocycles. The molecule has 2 heterocycles. The molecule has 2 rings (SSSR count). The van der Waals surface area contributed by atoms with Crippen LogP contribution in [0.2, 0.25) is 0 Å². The topological polar surface area (TPSA) is 42.0 Å². The van der Waals surface area contributed by atoms with Crippen LogP contribution in [-0.2, 0) is 0 Å². The third kappa shape index (κ3) is 2.68. The minimum absolute atomic E-state index is 0.132. The first-order chi connectivity index (χ1) is 7.65. The predicted octanol–water partition coefficient (Wildman–Crippen LogP) is 3.47. The predicted molar refractivity (Wildman–Crippen MR) is 68.9 cm³/mol. The maximum Gasteiger partial charge on any atom is 0.266 e. The Morgan fingerprint density at radius 3 is 2.75 bits per heavy atom. The van der Waals surface area contributed by atoms with Gasteiger partial charge in [0.25, 0.3) is 5.91 Å². The molecular weight excluding hydrogens is 288 g/mol. The van der Waals surface area contributed by atoms with Crippen molar-refractivity contribution < 1.29 is 4.79 Å². The average molecular weight is 297 g/mol. The smallest absolute Gasteiger partial charge is 0.266 e. The molecule has 2 aromatic rings. The summed E-state index contributed by atoms with van der Waals surface area (Å²) in [5.41, 5.74) is 1.07. The number of amides is 1. The van der Waals surface area contributed by atoms with Gasteiger partial charge in [0, 0.05) is 6.20 Å². The number of rotatable bonds is 2. The maximum atomic E-state index is 11.8. The van der Waals surface area contributed by atoms with Crippen LogP contribution in [0.5, 0.6) is 0 Å². The summed E-state index contributed by atoms with van der Waals surface area (Å²) in [6.45, 7) is 1.95. The average Bonchev–Trinajstić information content (AvgIpc) is 2.68. The van der Waals surface area contributed by atoms with Crippen LogP contribution < -0.4 is 5.32 Å². The van der Waals surface area contributed by atoms with Crippen LogP contribution in [-0.4, -0.2) is 10.9 Å². The number of nitrogens with zero attached hydrogens (tertiary/aromatic N) is 1. The van der Waals surface area contributed by atoms with Gasteiger partial charge in [-0.15, -0.1) is 11.3 Å². The summed E-state index contributed by atoms with van der Waals surface area (Å²) in [7, 11) is 0. The van der Waals surface area contributed by atoms with Crippen molar-refractivity contribution in [3.8, 4) is 0 Å². The van der Waals surface area contributed by atoms with Crippen LogP contribution in [0, 0.1) is 6.92 Å². The van der Waals surface area contributed by atoms with E-state index in [4.69, 9.17) is 0 Å². The van der Waals surface area contributed by atoms with Crippen molar-refractivity contribution in [1.82, 2.24) is 4.98 Å². The minimum Gasteiger partial charge on any atom is -0.306 e. The number of pyridine rings is 1. The van der Waals surface area contributed by atoms with E-state index in [-0.39, 0.29) is 5.91 Å². The maximum absolute atomic E-state index is 11.8. The summed E-state index contributed by atoms with van der Waals surface area (Å²) in [4.78, 5) is 16.5. The number of thiophene rings is 1. The zero-order chi connectivity index (χ0) is 11.5. The van der Waals surface area contributed by atoms with Gasteiger partial charge in [-0.2, -0.15) is 0 Å². The molecule has 5 heteroatoms. The lowest BCUT2D eigenvalue weighted by molar-refractivity contribution is 0.103. The molecule has 0 aliphatic carbocycles. The van der Waals surface area contributed by atoms with Gasteiger partial charge in [-0.05, 0) is 46.6 Å². The summed E-state index contributed by atoms with van der Waals surface area (Å²) < 4.78 is 0.939. The molecule has 82 valence electrons. The fraction of sp³-hybridized carbons (Fsp3) is 0.0909. The quantitative estimate of drug-likeness (QED) is 0.922. The lowest BCUT2D eigenvalue weighted by atomic mass is 10.3. The van der Waals surface area contributed by atoms with E-state index in [0.29, 0.717) is 10.7 Å². The van der Waals surface area contributed by atoms with Crippen LogP contribution in [0.1, 0.15) is 15.2 Å². The molecule has 0 saturated heterocycles. The lowest BCUT2D eigenvalue weighted by Crippen LogP contribution is -2.11. The highest BCUT2D eigenvalue weighted by Gasteiger charge is 2.08. The van der Waals surface area contributed by atoms with Crippen LogP contribution in [0.25, 0.3) is 0 Å². The van der Waals surface area contributed by atoms with Crippen molar-refractivity contribution >= 4 is 39.0 Å². The molecule has 0 bridgehead atoms. The highest BCUT2D eigenvalue weighted by Crippen LogP contribution is 2.22. The summed E-state index contributed by atoms with van der Waals surface area (Å²) in [5.74, 6) is 0.437. The Morgan fingerprint density at radius 2 is 2.19 bits per heavy atom. The van der Waals surface area contributed by atoms with Gasteiger partial charge in [0.2, 0.25) is 0 Å². The van der Waals surface area contributed by atoms with Crippen molar-refractivity contribution in [3.05, 3.63) is 44.7 Å². The largest absolute Gasteiger partial charge is 0.306 e. The Balaban J connectivity index is 2.10. The van der Waals surface area contributed by atoms with Gasteiger partial charge in [-0.25, -0.2) is 4.98 Å². The van der Waals surface area contributed by atoms with E-state index in [9.17, 15) is 4.79 Å². The molecule has 0 saturated carbocycles. The van der Waals surface area contributed by atoms with E-state index in [1.807, 2.05) is 19.1 Å². The molecule has 0 unspecified atom stereocenters. The van der Waals surface area contributed by atoms with Crippen LogP contribution in [0.15, 0.2) is 34.2 Å². The fourth-order valence-corrected chi connectivity index (χ4v) is 2.44. The molecule has 16 heavy (non-hydrogen) atoms. The molecule has 0 spiro atoms. The first-order valence-corrected chi connectivity index (χ1v) is 6.25. The van der Waals surface area contributed by atoms with E-state index in [1.165, 1.54) is 11.3 Å². The molecule has 0 radical (unpaired) electrons. The van der Waals surface area contributed by atoms with Gasteiger partial charge in [-0.1, -0.05) is 6.07 Å². The van der Waals surface area contributed by atoms with Gasteiger partial charge in [0.15, 0.2) is 0 Å². The van der Waals surface area contributed by atoms with Gasteiger partial charge in [-0.3, -0.25) is 4.79 Å². The Morgan fingerprint density at radius 1 is 1.38 bits per heavy atom. The molecule has 0 aliphatic rings. The van der Waals surface area contributed by atoms with E-state index in [2.05, 4.69) is 26.2 Å². The zero-order valence-electron chi connectivity index (χ0n) is 8.53. The highest BCUT2D eigenvalue weighted by molar-refractivity contribution is 9.11. The van der Waals surface area contributed by atoms with Crippen LogP contribution in [0.3, 0.4) is 0 Å². The number of hydrogen-bond donors (Lipinski definition) is 1. The third-order valence-electron chi connectivity index (χ3n) is 1.95. The lowest BCUT2D eigenvalue weighted by Gasteiger charge is -2.02. The summed E-state index contributed by atoms with van der Waals surface area (Å²) in [5, 5.41) is 2.74. The summed E-state index contributed by atoms with van der Waals surface area (Å²) >= 11 is 4.71. The molecule has 1 amide bonds. The molecular formula is C11H9BrN2OS. The minimum atomic E-state index is -0.132. The Bertz CT molecular complexity index is 507. The third-order valence-corrected chi connectivity index (χ3v) is 3.57. The number of nitrogens with one attached hydrogen (secondary N) is 1. The normalized spacial score (nSPS) is 10.1. The van der Waals surface area contributed by atoms with Crippen LogP contribution >= 0.6 is 27.3 Å². The van der Waals surface area contributed by atoms with E-state index >= 15 is 0 Å². The van der Waals surface area contributed by atoms with Gasteiger partial charge in [0.05, 0.1) is 8.66 Å². The molecule has 1 N–H and O–H groups in total.